The zero-order valence-corrected chi connectivity index (χ0v) is 16.2. The summed E-state index contributed by atoms with van der Waals surface area (Å²) in [5, 5.41) is 10.8. The van der Waals surface area contributed by atoms with Crippen LogP contribution in [0.5, 0.6) is 17.4 Å². The van der Waals surface area contributed by atoms with Crippen molar-refractivity contribution in [1.29, 1.82) is 0 Å². The average molecular weight is 410 g/mol. The van der Waals surface area contributed by atoms with Crippen molar-refractivity contribution in [3.05, 3.63) is 85.6 Å². The first kappa shape index (κ1) is 19.3. The lowest BCUT2D eigenvalue weighted by Gasteiger charge is -2.16. The van der Waals surface area contributed by atoms with Crippen LogP contribution in [-0.4, -0.2) is 34.8 Å². The molecule has 0 saturated carbocycles. The van der Waals surface area contributed by atoms with Crippen molar-refractivity contribution < 1.29 is 24.1 Å². The maximum Gasteiger partial charge on any atom is 0.343 e. The molecule has 2 N–H and O–H groups in total. The van der Waals surface area contributed by atoms with Gasteiger partial charge >= 0.3 is 11.7 Å². The van der Waals surface area contributed by atoms with E-state index in [-0.39, 0.29) is 23.4 Å². The Morgan fingerprint density at radius 1 is 1.07 bits per heavy atom. The van der Waals surface area contributed by atoms with Gasteiger partial charge in [-0.3, -0.25) is 14.3 Å². The van der Waals surface area contributed by atoms with Gasteiger partial charge in [-0.15, -0.1) is 0 Å². The standard InChI is InChI=1S/C21H18N2O7/c1-28-13-9-8-12-14(17(13)29-2)20(26)30-16(12)15-18(24)22-21(27)23(19(15)25)10-11-6-4-3-5-7-11/h3-9,16,25H,10H2,1-2H3,(H,22,24,27)/t16-/m0/s1. The van der Waals surface area contributed by atoms with Gasteiger partial charge in [0.05, 0.1) is 20.8 Å². The summed E-state index contributed by atoms with van der Waals surface area (Å²) in [6, 6.07) is 12.1. The summed E-state index contributed by atoms with van der Waals surface area (Å²) in [4.78, 5) is 39.6. The number of nitrogens with zero attached hydrogens (tertiary/aromatic N) is 1. The lowest BCUT2D eigenvalue weighted by Crippen LogP contribution is -2.33. The van der Waals surface area contributed by atoms with Crippen LogP contribution in [0.2, 0.25) is 0 Å². The van der Waals surface area contributed by atoms with Crippen LogP contribution in [0, 0.1) is 0 Å². The van der Waals surface area contributed by atoms with Gasteiger partial charge in [0.25, 0.3) is 5.56 Å². The van der Waals surface area contributed by atoms with E-state index in [1.54, 1.807) is 36.4 Å². The third-order valence-electron chi connectivity index (χ3n) is 4.94. The first-order valence-electron chi connectivity index (χ1n) is 9.02. The second-order valence-corrected chi connectivity index (χ2v) is 6.62. The first-order valence-corrected chi connectivity index (χ1v) is 9.02. The van der Waals surface area contributed by atoms with Crippen molar-refractivity contribution in [2.45, 2.75) is 12.6 Å². The van der Waals surface area contributed by atoms with Gasteiger partial charge in [0.1, 0.15) is 11.1 Å². The van der Waals surface area contributed by atoms with E-state index < -0.39 is 29.2 Å². The maximum absolute atomic E-state index is 12.6. The van der Waals surface area contributed by atoms with Crippen molar-refractivity contribution in [2.24, 2.45) is 0 Å². The molecule has 0 fully saturated rings. The molecule has 9 nitrogen and oxygen atoms in total. The molecule has 154 valence electrons. The molecular formula is C21H18N2O7. The Balaban J connectivity index is 1.87. The molecule has 1 aromatic heterocycles. The van der Waals surface area contributed by atoms with Crippen LogP contribution in [0.25, 0.3) is 0 Å². The number of aromatic hydroxyl groups is 1. The highest BCUT2D eigenvalue weighted by Crippen LogP contribution is 2.44. The van der Waals surface area contributed by atoms with Gasteiger partial charge in [0.2, 0.25) is 5.88 Å². The number of carbonyl (C=O) groups excluding carboxylic acids is 1. The van der Waals surface area contributed by atoms with Crippen molar-refractivity contribution in [3.63, 3.8) is 0 Å². The maximum atomic E-state index is 12.6. The summed E-state index contributed by atoms with van der Waals surface area (Å²) in [5.74, 6) is -0.824. The Bertz CT molecular complexity index is 1240. The average Bonchev–Trinajstić information content (AvgIpc) is 3.07. The number of aromatic nitrogens is 2. The molecule has 0 unspecified atom stereocenters. The summed E-state index contributed by atoms with van der Waals surface area (Å²) in [7, 11) is 2.81. The molecule has 30 heavy (non-hydrogen) atoms. The fourth-order valence-corrected chi connectivity index (χ4v) is 3.54. The number of carbonyl (C=O) groups is 1. The van der Waals surface area contributed by atoms with E-state index in [4.69, 9.17) is 14.2 Å². The number of cyclic esters (lactones) is 1. The van der Waals surface area contributed by atoms with Crippen LogP contribution in [0.1, 0.15) is 33.2 Å². The van der Waals surface area contributed by atoms with E-state index in [2.05, 4.69) is 4.98 Å². The van der Waals surface area contributed by atoms with Crippen molar-refractivity contribution in [1.82, 2.24) is 9.55 Å². The Hall–Kier alpha value is -4.01. The van der Waals surface area contributed by atoms with E-state index in [1.807, 2.05) is 6.07 Å². The molecule has 2 heterocycles. The number of hydrogen-bond donors (Lipinski definition) is 2. The number of esters is 1. The van der Waals surface area contributed by atoms with Gasteiger partial charge in [-0.2, -0.15) is 0 Å². The smallest absolute Gasteiger partial charge is 0.343 e. The number of fused-ring (bicyclic) bond motifs is 1. The SMILES string of the molecule is COc1ccc2c(c1OC)C(=O)O[C@@H]2c1c(O)n(Cc2ccccc2)c(=O)[nH]c1=O. The Kier molecular flexibility index (Phi) is 4.78. The molecule has 1 aliphatic rings. The third-order valence-corrected chi connectivity index (χ3v) is 4.94. The molecule has 9 heteroatoms. The number of ether oxygens (including phenoxy) is 3. The van der Waals surface area contributed by atoms with Gasteiger partial charge in [0.15, 0.2) is 17.6 Å². The third kappa shape index (κ3) is 3.00. The summed E-state index contributed by atoms with van der Waals surface area (Å²) < 4.78 is 16.9. The zero-order chi connectivity index (χ0) is 21.4. The number of nitrogens with one attached hydrogen (secondary N) is 1. The number of hydrogen-bond acceptors (Lipinski definition) is 7. The monoisotopic (exact) mass is 410 g/mol. The number of rotatable bonds is 5. The van der Waals surface area contributed by atoms with Crippen LogP contribution in [0.4, 0.5) is 0 Å². The Morgan fingerprint density at radius 3 is 2.47 bits per heavy atom. The molecule has 1 aliphatic heterocycles. The largest absolute Gasteiger partial charge is 0.494 e. The minimum atomic E-state index is -1.21. The number of methoxy groups -OCH3 is 2. The summed E-state index contributed by atoms with van der Waals surface area (Å²) >= 11 is 0. The fraction of sp³-hybridized carbons (Fsp3) is 0.190. The van der Waals surface area contributed by atoms with Crippen LogP contribution < -0.4 is 20.7 Å². The number of H-pyrrole nitrogens is 1. The topological polar surface area (TPSA) is 120 Å². The fourth-order valence-electron chi connectivity index (χ4n) is 3.54. The second kappa shape index (κ2) is 7.43. The molecular weight excluding hydrogens is 392 g/mol. The first-order chi connectivity index (χ1) is 14.5. The molecule has 0 amide bonds. The molecule has 0 aliphatic carbocycles. The highest BCUT2D eigenvalue weighted by molar-refractivity contribution is 5.98. The van der Waals surface area contributed by atoms with E-state index in [0.717, 1.165) is 10.1 Å². The molecule has 0 radical (unpaired) electrons. The highest BCUT2D eigenvalue weighted by atomic mass is 16.6. The summed E-state index contributed by atoms with van der Waals surface area (Å²) in [6.45, 7) is 0.0226. The zero-order valence-electron chi connectivity index (χ0n) is 16.2. The second-order valence-electron chi connectivity index (χ2n) is 6.62. The number of aromatic amines is 1. The van der Waals surface area contributed by atoms with Crippen LogP contribution in [0.3, 0.4) is 0 Å². The van der Waals surface area contributed by atoms with Crippen molar-refractivity contribution in [3.8, 4) is 17.4 Å². The normalized spacial score (nSPS) is 14.9. The van der Waals surface area contributed by atoms with Crippen molar-refractivity contribution >= 4 is 5.97 Å². The molecule has 0 bridgehead atoms. The van der Waals surface area contributed by atoms with Crippen LogP contribution >= 0.6 is 0 Å². The minimum Gasteiger partial charge on any atom is -0.494 e. The molecule has 2 aromatic carbocycles. The lowest BCUT2D eigenvalue weighted by atomic mass is 9.99. The van der Waals surface area contributed by atoms with Gasteiger partial charge < -0.3 is 19.3 Å². The Morgan fingerprint density at radius 2 is 1.80 bits per heavy atom. The predicted molar refractivity (Wildman–Crippen MR) is 105 cm³/mol. The van der Waals surface area contributed by atoms with Crippen LogP contribution in [0.15, 0.2) is 52.1 Å². The van der Waals surface area contributed by atoms with Gasteiger partial charge in [-0.25, -0.2) is 9.59 Å². The lowest BCUT2D eigenvalue weighted by molar-refractivity contribution is 0.0446. The summed E-state index contributed by atoms with van der Waals surface area (Å²) in [6.07, 6.45) is -1.21. The van der Waals surface area contributed by atoms with Crippen molar-refractivity contribution in [2.75, 3.05) is 14.2 Å². The van der Waals surface area contributed by atoms with Crippen LogP contribution in [-0.2, 0) is 11.3 Å². The van der Waals surface area contributed by atoms with Gasteiger partial charge in [-0.1, -0.05) is 36.4 Å². The number of benzene rings is 2. The van der Waals surface area contributed by atoms with E-state index in [9.17, 15) is 19.5 Å². The van der Waals surface area contributed by atoms with Gasteiger partial charge in [0, 0.05) is 5.56 Å². The molecule has 3 aromatic rings. The van der Waals surface area contributed by atoms with E-state index >= 15 is 0 Å². The molecule has 0 spiro atoms. The van der Waals surface area contributed by atoms with Gasteiger partial charge in [-0.05, 0) is 11.6 Å². The quantitative estimate of drug-likeness (QED) is 0.613. The van der Waals surface area contributed by atoms with E-state index in [1.165, 1.54) is 14.2 Å². The predicted octanol–water partition coefficient (Wildman–Crippen LogP) is 1.57. The Labute approximate surface area is 170 Å². The molecule has 0 saturated heterocycles. The highest BCUT2D eigenvalue weighted by Gasteiger charge is 2.40. The molecule has 4 rings (SSSR count). The summed E-state index contributed by atoms with van der Waals surface area (Å²) in [5.41, 5.74) is -0.706. The molecule has 1 atom stereocenters. The van der Waals surface area contributed by atoms with E-state index in [0.29, 0.717) is 11.3 Å². The minimum absolute atomic E-state index is 0.0226.